The fourth-order valence-corrected chi connectivity index (χ4v) is 2.61. The number of hydrogen-bond acceptors (Lipinski definition) is 2. The summed E-state index contributed by atoms with van der Waals surface area (Å²) in [5.74, 6) is 1.28. The molecule has 0 N–H and O–H groups in total. The van der Waals surface area contributed by atoms with E-state index in [1.807, 2.05) is 11.8 Å². The topological polar surface area (TPSA) is 3.24 Å². The fraction of sp³-hybridized carbons (Fsp3) is 1.00. The Hall–Kier alpha value is 0.310. The third kappa shape index (κ3) is 3.51. The lowest BCUT2D eigenvalue weighted by atomic mass is 9.82. The molecule has 1 nitrogen and oxygen atoms in total. The maximum Gasteiger partial charge on any atom is 0.0157 e. The molecule has 1 rings (SSSR count). The van der Waals surface area contributed by atoms with E-state index in [9.17, 15) is 0 Å². The molecule has 1 unspecified atom stereocenters. The molecule has 0 bridgehead atoms. The first-order valence-electron chi connectivity index (χ1n) is 5.28. The van der Waals surface area contributed by atoms with Crippen LogP contribution >= 0.6 is 11.8 Å². The minimum atomic E-state index is 0.593. The lowest BCUT2D eigenvalue weighted by Gasteiger charge is -2.39. The van der Waals surface area contributed by atoms with Gasteiger partial charge in [0.05, 0.1) is 0 Å². The second-order valence-electron chi connectivity index (χ2n) is 5.00. The van der Waals surface area contributed by atoms with Crippen LogP contribution < -0.4 is 0 Å². The molecule has 13 heavy (non-hydrogen) atoms. The minimum Gasteiger partial charge on any atom is -0.300 e. The molecule has 78 valence electrons. The van der Waals surface area contributed by atoms with Crippen LogP contribution in [-0.4, -0.2) is 36.0 Å². The number of thioether (sulfide) groups is 1. The van der Waals surface area contributed by atoms with E-state index in [4.69, 9.17) is 0 Å². The van der Waals surface area contributed by atoms with Crippen LogP contribution in [0.5, 0.6) is 0 Å². The van der Waals surface area contributed by atoms with Gasteiger partial charge in [-0.05, 0) is 44.5 Å². The molecule has 0 aromatic rings. The van der Waals surface area contributed by atoms with E-state index in [1.54, 1.807) is 0 Å². The van der Waals surface area contributed by atoms with Crippen LogP contribution in [0.3, 0.4) is 0 Å². The molecule has 2 heteroatoms. The summed E-state index contributed by atoms with van der Waals surface area (Å²) in [5, 5.41) is 0. The van der Waals surface area contributed by atoms with E-state index in [2.05, 4.69) is 31.9 Å². The van der Waals surface area contributed by atoms with Crippen molar-refractivity contribution in [3.8, 4) is 0 Å². The summed E-state index contributed by atoms with van der Waals surface area (Å²) in [4.78, 5) is 2.64. The van der Waals surface area contributed by atoms with Crippen molar-refractivity contribution in [1.29, 1.82) is 0 Å². The summed E-state index contributed by atoms with van der Waals surface area (Å²) in [6, 6.07) is 0.770. The standard InChI is InChI=1S/C11H23NS/c1-10(9-13-4)12-7-5-11(2,3)6-8-12/h10H,5-9H2,1-4H3. The van der Waals surface area contributed by atoms with Gasteiger partial charge in [-0.3, -0.25) is 4.90 Å². The zero-order valence-electron chi connectivity index (χ0n) is 9.47. The van der Waals surface area contributed by atoms with Crippen LogP contribution in [0.25, 0.3) is 0 Å². The molecular formula is C11H23NS. The zero-order chi connectivity index (χ0) is 9.90. The number of rotatable bonds is 3. The third-order valence-corrected chi connectivity index (χ3v) is 4.00. The SMILES string of the molecule is CSCC(C)N1CCC(C)(C)CC1. The number of piperidine rings is 1. The van der Waals surface area contributed by atoms with Gasteiger partial charge in [-0.25, -0.2) is 0 Å². The highest BCUT2D eigenvalue weighted by Crippen LogP contribution is 2.30. The van der Waals surface area contributed by atoms with Gasteiger partial charge in [0.15, 0.2) is 0 Å². The van der Waals surface area contributed by atoms with E-state index in [0.717, 1.165) is 6.04 Å². The van der Waals surface area contributed by atoms with Crippen LogP contribution in [-0.2, 0) is 0 Å². The van der Waals surface area contributed by atoms with Crippen molar-refractivity contribution in [2.45, 2.75) is 39.7 Å². The van der Waals surface area contributed by atoms with E-state index in [1.165, 1.54) is 31.7 Å². The van der Waals surface area contributed by atoms with E-state index >= 15 is 0 Å². The molecular weight excluding hydrogens is 178 g/mol. The maximum atomic E-state index is 2.64. The second kappa shape index (κ2) is 4.70. The Morgan fingerprint density at radius 2 is 1.85 bits per heavy atom. The van der Waals surface area contributed by atoms with Crippen LogP contribution in [0.15, 0.2) is 0 Å². The van der Waals surface area contributed by atoms with Gasteiger partial charge in [0.25, 0.3) is 0 Å². The molecule has 1 aliphatic heterocycles. The Kier molecular flexibility index (Phi) is 4.11. The van der Waals surface area contributed by atoms with Gasteiger partial charge in [-0.1, -0.05) is 13.8 Å². The van der Waals surface area contributed by atoms with Crippen molar-refractivity contribution in [1.82, 2.24) is 4.90 Å². The monoisotopic (exact) mass is 201 g/mol. The molecule has 0 aromatic heterocycles. The Bertz CT molecular complexity index is 146. The van der Waals surface area contributed by atoms with Crippen molar-refractivity contribution in [2.24, 2.45) is 5.41 Å². The molecule has 1 heterocycles. The van der Waals surface area contributed by atoms with Crippen molar-refractivity contribution in [3.63, 3.8) is 0 Å². The molecule has 0 amide bonds. The van der Waals surface area contributed by atoms with E-state index in [-0.39, 0.29) is 0 Å². The molecule has 0 spiro atoms. The summed E-state index contributed by atoms with van der Waals surface area (Å²) < 4.78 is 0. The average molecular weight is 201 g/mol. The summed E-state index contributed by atoms with van der Waals surface area (Å²) in [6.07, 6.45) is 4.93. The highest BCUT2D eigenvalue weighted by atomic mass is 32.2. The van der Waals surface area contributed by atoms with E-state index < -0.39 is 0 Å². The Morgan fingerprint density at radius 3 is 2.31 bits per heavy atom. The first-order valence-corrected chi connectivity index (χ1v) is 6.67. The van der Waals surface area contributed by atoms with Gasteiger partial charge in [0.1, 0.15) is 0 Å². The van der Waals surface area contributed by atoms with Crippen molar-refractivity contribution >= 4 is 11.8 Å². The summed E-state index contributed by atoms with van der Waals surface area (Å²) in [7, 11) is 0. The first-order chi connectivity index (χ1) is 6.05. The quantitative estimate of drug-likeness (QED) is 0.691. The van der Waals surface area contributed by atoms with Crippen molar-refractivity contribution < 1.29 is 0 Å². The highest BCUT2D eigenvalue weighted by Gasteiger charge is 2.27. The summed E-state index contributed by atoms with van der Waals surface area (Å²) in [5.41, 5.74) is 0.593. The second-order valence-corrected chi connectivity index (χ2v) is 5.92. The van der Waals surface area contributed by atoms with Crippen LogP contribution in [0.2, 0.25) is 0 Å². The molecule has 0 aromatic carbocycles. The Labute approximate surface area is 87.3 Å². The number of hydrogen-bond donors (Lipinski definition) is 0. The normalized spacial score (nSPS) is 25.8. The zero-order valence-corrected chi connectivity index (χ0v) is 10.3. The minimum absolute atomic E-state index is 0.593. The van der Waals surface area contributed by atoms with E-state index in [0.29, 0.717) is 5.41 Å². The van der Waals surface area contributed by atoms with Crippen LogP contribution in [0.4, 0.5) is 0 Å². The van der Waals surface area contributed by atoms with Gasteiger partial charge in [0.2, 0.25) is 0 Å². The summed E-state index contributed by atoms with van der Waals surface area (Å²) >= 11 is 1.96. The highest BCUT2D eigenvalue weighted by molar-refractivity contribution is 7.98. The van der Waals surface area contributed by atoms with Crippen LogP contribution in [0, 0.1) is 5.41 Å². The Morgan fingerprint density at radius 1 is 1.31 bits per heavy atom. The lowest BCUT2D eigenvalue weighted by molar-refractivity contribution is 0.109. The smallest absolute Gasteiger partial charge is 0.0157 e. The van der Waals surface area contributed by atoms with Gasteiger partial charge >= 0.3 is 0 Å². The molecule has 0 radical (unpaired) electrons. The Balaban J connectivity index is 2.32. The lowest BCUT2D eigenvalue weighted by Crippen LogP contribution is -2.43. The molecule has 1 aliphatic rings. The fourth-order valence-electron chi connectivity index (χ4n) is 1.92. The molecule has 1 fully saturated rings. The molecule has 0 aliphatic carbocycles. The van der Waals surface area contributed by atoms with Crippen LogP contribution in [0.1, 0.15) is 33.6 Å². The average Bonchev–Trinajstić information content (AvgIpc) is 2.04. The van der Waals surface area contributed by atoms with Crippen molar-refractivity contribution in [2.75, 3.05) is 25.1 Å². The number of nitrogens with zero attached hydrogens (tertiary/aromatic N) is 1. The summed E-state index contributed by atoms with van der Waals surface area (Å²) in [6.45, 7) is 9.74. The predicted octanol–water partition coefficient (Wildman–Crippen LogP) is 2.86. The first kappa shape index (κ1) is 11.4. The van der Waals surface area contributed by atoms with Crippen molar-refractivity contribution in [3.05, 3.63) is 0 Å². The van der Waals surface area contributed by atoms with Gasteiger partial charge in [-0.2, -0.15) is 11.8 Å². The largest absolute Gasteiger partial charge is 0.300 e. The molecule has 1 atom stereocenters. The molecule has 1 saturated heterocycles. The third-order valence-electron chi connectivity index (χ3n) is 3.18. The van der Waals surface area contributed by atoms with Gasteiger partial charge in [-0.15, -0.1) is 0 Å². The maximum absolute atomic E-state index is 2.64. The molecule has 0 saturated carbocycles. The predicted molar refractivity (Wildman–Crippen MR) is 62.4 cm³/mol. The van der Waals surface area contributed by atoms with Gasteiger partial charge < -0.3 is 0 Å². The number of likely N-dealkylation sites (tertiary alicyclic amines) is 1. The van der Waals surface area contributed by atoms with Gasteiger partial charge in [0, 0.05) is 11.8 Å².